The van der Waals surface area contributed by atoms with E-state index >= 15 is 0 Å². The molecule has 4 heterocycles. The van der Waals surface area contributed by atoms with Gasteiger partial charge in [0.2, 0.25) is 17.8 Å². The quantitative estimate of drug-likeness (QED) is 0.343. The molecule has 0 spiro atoms. The zero-order valence-corrected chi connectivity index (χ0v) is 22.8. The lowest BCUT2D eigenvalue weighted by Crippen LogP contribution is -2.54. The fourth-order valence-electron chi connectivity index (χ4n) is 5.85. The predicted molar refractivity (Wildman–Crippen MR) is 147 cm³/mol. The van der Waals surface area contributed by atoms with E-state index in [0.29, 0.717) is 70.0 Å². The molecule has 9 N–H and O–H groups in total. The number of aromatic nitrogens is 3. The van der Waals surface area contributed by atoms with Crippen LogP contribution in [0.1, 0.15) is 36.8 Å². The molecule has 2 aromatic rings. The summed E-state index contributed by atoms with van der Waals surface area (Å²) in [5.74, 6) is 1.27. The maximum Gasteiger partial charge on any atom is 0.417 e. The summed E-state index contributed by atoms with van der Waals surface area (Å²) in [7, 11) is 0. The largest absolute Gasteiger partial charge is 0.417 e. The number of nitrogens with zero attached hydrogens (tertiary/aromatic N) is 6. The van der Waals surface area contributed by atoms with Gasteiger partial charge in [-0.1, -0.05) is 17.7 Å². The molecule has 3 fully saturated rings. The number of halogens is 4. The summed E-state index contributed by atoms with van der Waals surface area (Å²) < 4.78 is 40.3. The third-order valence-corrected chi connectivity index (χ3v) is 8.21. The number of aliphatic hydroxyl groups is 1. The summed E-state index contributed by atoms with van der Waals surface area (Å²) in [6.07, 6.45) is -2.89. The molecule has 0 saturated carbocycles. The summed E-state index contributed by atoms with van der Waals surface area (Å²) in [6, 6.07) is 3.04. The van der Waals surface area contributed by atoms with E-state index in [4.69, 9.17) is 49.5 Å². The van der Waals surface area contributed by atoms with Crippen LogP contribution in [0.15, 0.2) is 18.2 Å². The third kappa shape index (κ3) is 6.21. The van der Waals surface area contributed by atoms with E-state index in [9.17, 15) is 18.3 Å². The van der Waals surface area contributed by atoms with Crippen LogP contribution in [-0.2, 0) is 11.8 Å². The van der Waals surface area contributed by atoms with Crippen molar-refractivity contribution in [1.29, 1.82) is 0 Å². The van der Waals surface area contributed by atoms with Gasteiger partial charge in [0.25, 0.3) is 0 Å². The molecule has 5 rings (SSSR count). The van der Waals surface area contributed by atoms with Gasteiger partial charge in [-0.05, 0) is 43.4 Å². The molecule has 4 unspecified atom stereocenters. The molecule has 0 amide bonds. The number of rotatable bonds is 4. The second kappa shape index (κ2) is 11.1. The van der Waals surface area contributed by atoms with Crippen molar-refractivity contribution in [3.8, 4) is 0 Å². The van der Waals surface area contributed by atoms with Gasteiger partial charge in [0.1, 0.15) is 0 Å². The van der Waals surface area contributed by atoms with Crippen molar-refractivity contribution in [2.45, 2.75) is 61.6 Å². The number of hydrogen-bond donors (Lipinski definition) is 5. The molecule has 3 saturated heterocycles. The molecular weight excluding hydrogens is 549 g/mol. The Hall–Kier alpha value is -2.49. The van der Waals surface area contributed by atoms with Crippen LogP contribution in [0, 0.1) is 0 Å². The van der Waals surface area contributed by atoms with E-state index in [0.717, 1.165) is 6.07 Å². The summed E-state index contributed by atoms with van der Waals surface area (Å²) in [5.41, 5.74) is 22.7. The van der Waals surface area contributed by atoms with E-state index < -0.39 is 22.4 Å². The molecule has 220 valence electrons. The minimum atomic E-state index is -4.62. The molecule has 4 atom stereocenters. The van der Waals surface area contributed by atoms with Gasteiger partial charge in [0.15, 0.2) is 0 Å². The molecule has 3 aliphatic rings. The number of hydrogen-bond acceptors (Lipinski definition) is 11. The summed E-state index contributed by atoms with van der Waals surface area (Å²) in [6.45, 7) is 2.75. The average Bonchev–Trinajstić information content (AvgIpc) is 2.87. The number of benzene rings is 1. The Morgan fingerprint density at radius 3 is 1.62 bits per heavy atom. The lowest BCUT2D eigenvalue weighted by atomic mass is 9.84. The van der Waals surface area contributed by atoms with Crippen LogP contribution in [0.3, 0.4) is 0 Å². The van der Waals surface area contributed by atoms with Crippen LogP contribution >= 0.6 is 11.6 Å². The van der Waals surface area contributed by atoms with Crippen LogP contribution in [-0.4, -0.2) is 83.5 Å². The SMILES string of the molecule is NC1CC(N)CN(c2nc(N3CCC(O)(c4ccc(Cl)c(C(F)(F)F)c4)CC3)nc(N3CC(N)CC(N)C3)n2)C1. The van der Waals surface area contributed by atoms with Gasteiger partial charge in [-0.2, -0.15) is 28.1 Å². The Labute approximate surface area is 235 Å². The first-order valence-corrected chi connectivity index (χ1v) is 13.8. The molecular formula is C25H36ClF3N10O. The van der Waals surface area contributed by atoms with Crippen molar-refractivity contribution in [3.63, 3.8) is 0 Å². The molecule has 1 aromatic carbocycles. The van der Waals surface area contributed by atoms with Crippen molar-refractivity contribution in [2.75, 3.05) is 54.0 Å². The van der Waals surface area contributed by atoms with Gasteiger partial charge in [0.05, 0.1) is 16.2 Å². The van der Waals surface area contributed by atoms with Crippen LogP contribution in [0.2, 0.25) is 5.02 Å². The van der Waals surface area contributed by atoms with E-state index in [1.165, 1.54) is 12.1 Å². The molecule has 3 aliphatic heterocycles. The van der Waals surface area contributed by atoms with Crippen molar-refractivity contribution in [2.24, 2.45) is 22.9 Å². The lowest BCUT2D eigenvalue weighted by molar-refractivity contribution is -0.137. The second-order valence-corrected chi connectivity index (χ2v) is 11.7. The summed E-state index contributed by atoms with van der Waals surface area (Å²) in [5, 5.41) is 11.0. The average molecular weight is 585 g/mol. The Morgan fingerprint density at radius 2 is 1.20 bits per heavy atom. The predicted octanol–water partition coefficient (Wildman–Crippen LogP) is 0.761. The minimum Gasteiger partial charge on any atom is -0.385 e. The van der Waals surface area contributed by atoms with Crippen molar-refractivity contribution in [3.05, 3.63) is 34.3 Å². The number of anilines is 3. The van der Waals surface area contributed by atoms with Crippen LogP contribution in [0.5, 0.6) is 0 Å². The van der Waals surface area contributed by atoms with Gasteiger partial charge in [-0.3, -0.25) is 0 Å². The van der Waals surface area contributed by atoms with Crippen LogP contribution in [0.4, 0.5) is 31.0 Å². The zero-order chi connectivity index (χ0) is 28.8. The van der Waals surface area contributed by atoms with Gasteiger partial charge in [-0.15, -0.1) is 0 Å². The smallest absolute Gasteiger partial charge is 0.385 e. The first-order chi connectivity index (χ1) is 18.8. The highest BCUT2D eigenvalue weighted by atomic mass is 35.5. The molecule has 1 aromatic heterocycles. The van der Waals surface area contributed by atoms with Crippen LogP contribution in [0.25, 0.3) is 0 Å². The van der Waals surface area contributed by atoms with Gasteiger partial charge in [0, 0.05) is 63.4 Å². The van der Waals surface area contributed by atoms with Crippen molar-refractivity contribution in [1.82, 2.24) is 15.0 Å². The maximum absolute atomic E-state index is 13.4. The molecule has 15 heteroatoms. The van der Waals surface area contributed by atoms with Crippen LogP contribution < -0.4 is 37.6 Å². The highest BCUT2D eigenvalue weighted by Crippen LogP contribution is 2.40. The highest BCUT2D eigenvalue weighted by Gasteiger charge is 2.39. The number of alkyl halides is 3. The molecule has 0 radical (unpaired) electrons. The number of nitrogens with two attached hydrogens (primary N) is 4. The zero-order valence-electron chi connectivity index (χ0n) is 22.1. The molecule has 0 bridgehead atoms. The van der Waals surface area contributed by atoms with Gasteiger partial charge in [-0.25, -0.2) is 0 Å². The third-order valence-electron chi connectivity index (χ3n) is 7.88. The molecule has 40 heavy (non-hydrogen) atoms. The topological polar surface area (TPSA) is 173 Å². The van der Waals surface area contributed by atoms with Crippen molar-refractivity contribution < 1.29 is 18.3 Å². The van der Waals surface area contributed by atoms with Gasteiger partial charge >= 0.3 is 6.18 Å². The van der Waals surface area contributed by atoms with Crippen molar-refractivity contribution >= 4 is 29.4 Å². The summed E-state index contributed by atoms with van der Waals surface area (Å²) in [4.78, 5) is 20.0. The first-order valence-electron chi connectivity index (χ1n) is 13.4. The Bertz CT molecular complexity index is 1150. The summed E-state index contributed by atoms with van der Waals surface area (Å²) >= 11 is 5.79. The van der Waals surface area contributed by atoms with E-state index in [-0.39, 0.29) is 42.6 Å². The second-order valence-electron chi connectivity index (χ2n) is 11.3. The molecule has 11 nitrogen and oxygen atoms in total. The monoisotopic (exact) mass is 584 g/mol. The fraction of sp³-hybridized carbons (Fsp3) is 0.640. The molecule has 0 aliphatic carbocycles. The van der Waals surface area contributed by atoms with Gasteiger partial charge < -0.3 is 42.7 Å². The fourth-order valence-corrected chi connectivity index (χ4v) is 6.07. The number of piperidine rings is 3. The highest BCUT2D eigenvalue weighted by molar-refractivity contribution is 6.31. The Kier molecular flexibility index (Phi) is 8.03. The van der Waals surface area contributed by atoms with E-state index in [1.807, 2.05) is 14.7 Å². The van der Waals surface area contributed by atoms with E-state index in [2.05, 4.69) is 0 Å². The lowest BCUT2D eigenvalue weighted by Gasteiger charge is -2.40. The first kappa shape index (κ1) is 29.0. The maximum atomic E-state index is 13.4. The van der Waals surface area contributed by atoms with E-state index in [1.54, 1.807) is 0 Å². The Balaban J connectivity index is 1.42. The normalized spacial score (nSPS) is 27.7. The minimum absolute atomic E-state index is 0.129. The Morgan fingerprint density at radius 1 is 0.775 bits per heavy atom. The standard InChI is InChI=1S/C25H36ClF3N10O/c26-20-2-1-14(7-19(20)25(27,28)29)24(40)3-5-37(6-4-24)21-34-22(38-10-15(30)8-16(31)11-38)36-23(35-21)39-12-17(32)9-18(33)13-39/h1-2,7,15-18,40H,3-6,8-13,30-33H2.